The third-order valence-corrected chi connectivity index (χ3v) is 2.01. The summed E-state index contributed by atoms with van der Waals surface area (Å²) in [7, 11) is 0. The van der Waals surface area contributed by atoms with Crippen molar-refractivity contribution in [1.29, 1.82) is 0 Å². The summed E-state index contributed by atoms with van der Waals surface area (Å²) in [5.41, 5.74) is 6.12. The zero-order chi connectivity index (χ0) is 12.3. The van der Waals surface area contributed by atoms with Gasteiger partial charge in [0.15, 0.2) is 0 Å². The second-order valence-electron chi connectivity index (χ2n) is 4.50. The van der Waals surface area contributed by atoms with E-state index in [1.54, 1.807) is 12.1 Å². The van der Waals surface area contributed by atoms with Crippen molar-refractivity contribution in [2.75, 3.05) is 5.32 Å². The first-order chi connectivity index (χ1) is 7.30. The first-order valence-corrected chi connectivity index (χ1v) is 4.88. The minimum Gasteiger partial charge on any atom is -0.361 e. The van der Waals surface area contributed by atoms with Crippen LogP contribution in [0.15, 0.2) is 18.3 Å². The summed E-state index contributed by atoms with van der Waals surface area (Å²) in [6, 6.07) is 3.49. The second-order valence-corrected chi connectivity index (χ2v) is 4.50. The van der Waals surface area contributed by atoms with E-state index in [-0.39, 0.29) is 5.41 Å². The SMILES string of the molecule is CC(C)(C)c1ccc(NC(=O)C(N)=O)cn1. The van der Waals surface area contributed by atoms with Crippen LogP contribution in [-0.4, -0.2) is 16.8 Å². The van der Waals surface area contributed by atoms with Crippen LogP contribution in [0.5, 0.6) is 0 Å². The van der Waals surface area contributed by atoms with Gasteiger partial charge in [0.05, 0.1) is 11.9 Å². The molecule has 0 saturated carbocycles. The summed E-state index contributed by atoms with van der Waals surface area (Å²) in [5, 5.41) is 2.34. The largest absolute Gasteiger partial charge is 0.361 e. The Morgan fingerprint density at radius 1 is 1.31 bits per heavy atom. The summed E-state index contributed by atoms with van der Waals surface area (Å²) in [4.78, 5) is 25.7. The van der Waals surface area contributed by atoms with Gasteiger partial charge in [-0.05, 0) is 12.1 Å². The Balaban J connectivity index is 2.80. The van der Waals surface area contributed by atoms with E-state index in [4.69, 9.17) is 5.73 Å². The lowest BCUT2D eigenvalue weighted by atomic mass is 9.92. The lowest BCUT2D eigenvalue weighted by molar-refractivity contribution is -0.134. The molecule has 1 heterocycles. The van der Waals surface area contributed by atoms with Gasteiger partial charge in [-0.15, -0.1) is 0 Å². The van der Waals surface area contributed by atoms with Gasteiger partial charge in [-0.3, -0.25) is 14.6 Å². The van der Waals surface area contributed by atoms with Crippen LogP contribution < -0.4 is 11.1 Å². The molecule has 2 amide bonds. The molecule has 0 radical (unpaired) electrons. The lowest BCUT2D eigenvalue weighted by Crippen LogP contribution is -2.29. The number of aromatic nitrogens is 1. The van der Waals surface area contributed by atoms with E-state index in [1.807, 2.05) is 20.8 Å². The van der Waals surface area contributed by atoms with Crippen molar-refractivity contribution in [2.45, 2.75) is 26.2 Å². The molecule has 0 aromatic carbocycles. The lowest BCUT2D eigenvalue weighted by Gasteiger charge is -2.17. The van der Waals surface area contributed by atoms with Gasteiger partial charge in [0, 0.05) is 11.1 Å². The van der Waals surface area contributed by atoms with Gasteiger partial charge in [0.1, 0.15) is 0 Å². The number of primary amides is 1. The number of carbonyl (C=O) groups is 2. The molecule has 0 unspecified atom stereocenters. The van der Waals surface area contributed by atoms with Crippen LogP contribution in [0.25, 0.3) is 0 Å². The van der Waals surface area contributed by atoms with Crippen molar-refractivity contribution >= 4 is 17.5 Å². The monoisotopic (exact) mass is 221 g/mol. The maximum atomic E-state index is 11.0. The Hall–Kier alpha value is -1.91. The van der Waals surface area contributed by atoms with Crippen molar-refractivity contribution in [3.63, 3.8) is 0 Å². The number of carbonyl (C=O) groups excluding carboxylic acids is 2. The van der Waals surface area contributed by atoms with Gasteiger partial charge in [0.2, 0.25) is 0 Å². The predicted molar refractivity (Wildman–Crippen MR) is 60.8 cm³/mol. The molecular formula is C11H15N3O2. The smallest absolute Gasteiger partial charge is 0.313 e. The van der Waals surface area contributed by atoms with Crippen molar-refractivity contribution in [3.05, 3.63) is 24.0 Å². The number of hydrogen-bond acceptors (Lipinski definition) is 3. The van der Waals surface area contributed by atoms with Gasteiger partial charge < -0.3 is 11.1 Å². The summed E-state index contributed by atoms with van der Waals surface area (Å²) < 4.78 is 0. The van der Waals surface area contributed by atoms with E-state index in [1.165, 1.54) is 6.20 Å². The molecule has 16 heavy (non-hydrogen) atoms. The minimum atomic E-state index is -1.01. The molecule has 5 nitrogen and oxygen atoms in total. The van der Waals surface area contributed by atoms with Crippen LogP contribution in [0.1, 0.15) is 26.5 Å². The second kappa shape index (κ2) is 4.30. The van der Waals surface area contributed by atoms with E-state index in [9.17, 15) is 9.59 Å². The fourth-order valence-corrected chi connectivity index (χ4v) is 1.10. The first kappa shape index (κ1) is 12.2. The fourth-order valence-electron chi connectivity index (χ4n) is 1.10. The molecule has 0 saturated heterocycles. The zero-order valence-electron chi connectivity index (χ0n) is 9.57. The molecule has 0 atom stereocenters. The molecule has 0 aliphatic carbocycles. The Kier molecular flexibility index (Phi) is 3.27. The van der Waals surface area contributed by atoms with Crippen LogP contribution in [0.2, 0.25) is 0 Å². The average Bonchev–Trinajstić information content (AvgIpc) is 2.17. The predicted octanol–water partition coefficient (Wildman–Crippen LogP) is 0.803. The normalized spacial score (nSPS) is 10.9. The highest BCUT2D eigenvalue weighted by molar-refractivity contribution is 6.39. The number of pyridine rings is 1. The summed E-state index contributed by atoms with van der Waals surface area (Å²) in [6.07, 6.45) is 1.50. The molecule has 86 valence electrons. The molecule has 1 aromatic heterocycles. The zero-order valence-corrected chi connectivity index (χ0v) is 9.57. The molecular weight excluding hydrogens is 206 g/mol. The molecule has 0 aliphatic heterocycles. The van der Waals surface area contributed by atoms with E-state index in [2.05, 4.69) is 10.3 Å². The number of nitrogens with zero attached hydrogens (tertiary/aromatic N) is 1. The fraction of sp³-hybridized carbons (Fsp3) is 0.364. The maximum Gasteiger partial charge on any atom is 0.313 e. The van der Waals surface area contributed by atoms with E-state index in [0.29, 0.717) is 5.69 Å². The van der Waals surface area contributed by atoms with Crippen molar-refractivity contribution in [2.24, 2.45) is 5.73 Å². The van der Waals surface area contributed by atoms with Crippen molar-refractivity contribution < 1.29 is 9.59 Å². The van der Waals surface area contributed by atoms with E-state index >= 15 is 0 Å². The standard InChI is InChI=1S/C11H15N3O2/c1-11(2,3)8-5-4-7(6-13-8)14-10(16)9(12)15/h4-6H,1-3H3,(H2,12,15)(H,14,16). The van der Waals surface area contributed by atoms with Crippen LogP contribution in [-0.2, 0) is 15.0 Å². The Labute approximate surface area is 94.1 Å². The molecule has 0 bridgehead atoms. The number of rotatable bonds is 1. The van der Waals surface area contributed by atoms with Crippen LogP contribution in [0.4, 0.5) is 5.69 Å². The van der Waals surface area contributed by atoms with E-state index in [0.717, 1.165) is 5.69 Å². The number of anilines is 1. The highest BCUT2D eigenvalue weighted by atomic mass is 16.2. The maximum absolute atomic E-state index is 11.0. The van der Waals surface area contributed by atoms with Crippen LogP contribution >= 0.6 is 0 Å². The Bertz CT molecular complexity index is 404. The van der Waals surface area contributed by atoms with Gasteiger partial charge in [-0.2, -0.15) is 0 Å². The molecule has 1 rings (SSSR count). The third-order valence-electron chi connectivity index (χ3n) is 2.01. The minimum absolute atomic E-state index is 0.0494. The van der Waals surface area contributed by atoms with Gasteiger partial charge in [-0.1, -0.05) is 20.8 Å². The van der Waals surface area contributed by atoms with Gasteiger partial charge in [0.25, 0.3) is 0 Å². The van der Waals surface area contributed by atoms with Crippen molar-refractivity contribution in [1.82, 2.24) is 4.98 Å². The topological polar surface area (TPSA) is 85.1 Å². The number of nitrogens with two attached hydrogens (primary N) is 1. The van der Waals surface area contributed by atoms with Crippen molar-refractivity contribution in [3.8, 4) is 0 Å². The quantitative estimate of drug-likeness (QED) is 0.688. The molecule has 5 heteroatoms. The molecule has 3 N–H and O–H groups in total. The van der Waals surface area contributed by atoms with Gasteiger partial charge in [-0.25, -0.2) is 0 Å². The third kappa shape index (κ3) is 3.05. The molecule has 0 fully saturated rings. The summed E-state index contributed by atoms with van der Waals surface area (Å²) in [5.74, 6) is -1.86. The van der Waals surface area contributed by atoms with Gasteiger partial charge >= 0.3 is 11.8 Å². The molecule has 1 aromatic rings. The highest BCUT2D eigenvalue weighted by Crippen LogP contribution is 2.20. The average molecular weight is 221 g/mol. The molecule has 0 spiro atoms. The summed E-state index contributed by atoms with van der Waals surface area (Å²) in [6.45, 7) is 6.12. The molecule has 0 aliphatic rings. The van der Waals surface area contributed by atoms with E-state index < -0.39 is 11.8 Å². The highest BCUT2D eigenvalue weighted by Gasteiger charge is 2.15. The summed E-state index contributed by atoms with van der Waals surface area (Å²) >= 11 is 0. The number of amides is 2. The Morgan fingerprint density at radius 2 is 1.94 bits per heavy atom. The number of nitrogens with one attached hydrogen (secondary N) is 1. The number of hydrogen-bond donors (Lipinski definition) is 2. The van der Waals surface area contributed by atoms with Crippen LogP contribution in [0, 0.1) is 0 Å². The Morgan fingerprint density at radius 3 is 2.31 bits per heavy atom. The van der Waals surface area contributed by atoms with Crippen LogP contribution in [0.3, 0.4) is 0 Å². The first-order valence-electron chi connectivity index (χ1n) is 4.88.